The maximum absolute atomic E-state index is 14.0. The summed E-state index contributed by atoms with van der Waals surface area (Å²) in [6, 6.07) is 9.06. The van der Waals surface area contributed by atoms with E-state index in [1.54, 1.807) is 32.0 Å². The highest BCUT2D eigenvalue weighted by Crippen LogP contribution is 2.17. The first kappa shape index (κ1) is 15.9. The van der Waals surface area contributed by atoms with E-state index in [9.17, 15) is 14.0 Å². The summed E-state index contributed by atoms with van der Waals surface area (Å²) < 4.78 is 20.2. The zero-order valence-corrected chi connectivity index (χ0v) is 13.2. The number of benzene rings is 1. The van der Waals surface area contributed by atoms with Gasteiger partial charge in [0.05, 0.1) is 34.5 Å². The van der Waals surface area contributed by atoms with Gasteiger partial charge in [0.15, 0.2) is 0 Å². The summed E-state index contributed by atoms with van der Waals surface area (Å²) in [5.74, 6) is -1.05. The van der Waals surface area contributed by atoms with Gasteiger partial charge in [0.25, 0.3) is 5.56 Å². The van der Waals surface area contributed by atoms with Crippen molar-refractivity contribution in [1.29, 1.82) is 0 Å². The first-order valence-electron chi connectivity index (χ1n) is 7.48. The third-order valence-corrected chi connectivity index (χ3v) is 3.68. The summed E-state index contributed by atoms with van der Waals surface area (Å²) in [6.45, 7) is 3.60. The highest BCUT2D eigenvalue weighted by Gasteiger charge is 2.16. The van der Waals surface area contributed by atoms with Gasteiger partial charge in [-0.15, -0.1) is 0 Å². The van der Waals surface area contributed by atoms with Crippen LogP contribution in [0, 0.1) is 12.7 Å². The number of ether oxygens (including phenoxy) is 1. The van der Waals surface area contributed by atoms with Crippen LogP contribution in [-0.4, -0.2) is 22.1 Å². The van der Waals surface area contributed by atoms with Crippen LogP contribution in [0.1, 0.15) is 23.0 Å². The summed E-state index contributed by atoms with van der Waals surface area (Å²) in [5, 5.41) is 0.231. The predicted octanol–water partition coefficient (Wildman–Crippen LogP) is 3.01. The normalized spacial score (nSPS) is 10.8. The number of carbonyl (C=O) groups excluding carboxylic acids is 1. The molecule has 0 aliphatic heterocycles. The molecule has 0 fully saturated rings. The Labute approximate surface area is 137 Å². The van der Waals surface area contributed by atoms with Crippen molar-refractivity contribution in [2.45, 2.75) is 13.8 Å². The van der Waals surface area contributed by atoms with Crippen molar-refractivity contribution in [1.82, 2.24) is 9.55 Å². The molecule has 0 N–H and O–H groups in total. The van der Waals surface area contributed by atoms with E-state index in [1.165, 1.54) is 29.0 Å². The molecule has 0 aliphatic rings. The fourth-order valence-corrected chi connectivity index (χ4v) is 2.52. The molecule has 0 radical (unpaired) electrons. The summed E-state index contributed by atoms with van der Waals surface area (Å²) >= 11 is 0. The summed E-state index contributed by atoms with van der Waals surface area (Å²) in [5.41, 5.74) is 0.841. The number of hydrogen-bond acceptors (Lipinski definition) is 4. The van der Waals surface area contributed by atoms with Gasteiger partial charge in [0.1, 0.15) is 5.82 Å². The smallest absolute Gasteiger partial charge is 0.339 e. The molecule has 5 nitrogen and oxygen atoms in total. The number of pyridine rings is 2. The van der Waals surface area contributed by atoms with Crippen LogP contribution in [0.4, 0.5) is 4.39 Å². The van der Waals surface area contributed by atoms with Crippen LogP contribution in [0.25, 0.3) is 16.6 Å². The molecule has 6 heteroatoms. The van der Waals surface area contributed by atoms with Crippen LogP contribution in [0.3, 0.4) is 0 Å². The lowest BCUT2D eigenvalue weighted by atomic mass is 10.1. The molecule has 2 aromatic heterocycles. The number of para-hydroxylation sites is 1. The number of aromatic nitrogens is 2. The van der Waals surface area contributed by atoms with Crippen molar-refractivity contribution in [3.63, 3.8) is 0 Å². The molecule has 0 spiro atoms. The van der Waals surface area contributed by atoms with Crippen LogP contribution < -0.4 is 5.56 Å². The first-order valence-corrected chi connectivity index (χ1v) is 7.48. The van der Waals surface area contributed by atoms with Crippen molar-refractivity contribution < 1.29 is 13.9 Å². The lowest BCUT2D eigenvalue weighted by molar-refractivity contribution is 0.0525. The van der Waals surface area contributed by atoms with E-state index in [0.29, 0.717) is 11.2 Å². The first-order chi connectivity index (χ1) is 11.5. The second-order valence-corrected chi connectivity index (χ2v) is 5.22. The molecule has 0 amide bonds. The zero-order chi connectivity index (χ0) is 17.3. The largest absolute Gasteiger partial charge is 0.462 e. The van der Waals surface area contributed by atoms with Crippen molar-refractivity contribution in [3.05, 3.63) is 70.0 Å². The molecule has 1 aromatic carbocycles. The van der Waals surface area contributed by atoms with E-state index in [0.717, 1.165) is 0 Å². The Hall–Kier alpha value is -3.02. The molecule has 122 valence electrons. The van der Waals surface area contributed by atoms with E-state index in [2.05, 4.69) is 4.98 Å². The van der Waals surface area contributed by atoms with Gasteiger partial charge >= 0.3 is 5.97 Å². The number of esters is 1. The minimum atomic E-state index is -0.537. The molecular weight excluding hydrogens is 311 g/mol. The summed E-state index contributed by atoms with van der Waals surface area (Å²) in [6.07, 6.45) is 1.47. The molecule has 24 heavy (non-hydrogen) atoms. The molecular formula is C18H15FN2O3. The third kappa shape index (κ3) is 2.67. The molecule has 3 rings (SSSR count). The SMILES string of the molecule is CCOC(=O)c1cc2c(=O)n(-c3ccccc3F)ccc2nc1C. The van der Waals surface area contributed by atoms with Crippen molar-refractivity contribution in [2.24, 2.45) is 0 Å². The molecule has 0 atom stereocenters. The van der Waals surface area contributed by atoms with Gasteiger partial charge in [-0.1, -0.05) is 12.1 Å². The molecule has 0 aliphatic carbocycles. The van der Waals surface area contributed by atoms with Crippen molar-refractivity contribution >= 4 is 16.9 Å². The maximum Gasteiger partial charge on any atom is 0.339 e. The number of fused-ring (bicyclic) bond motifs is 1. The van der Waals surface area contributed by atoms with Gasteiger partial charge < -0.3 is 4.74 Å². The fourth-order valence-electron chi connectivity index (χ4n) is 2.52. The highest BCUT2D eigenvalue weighted by molar-refractivity contribution is 5.94. The molecule has 0 bridgehead atoms. The average molecular weight is 326 g/mol. The Morgan fingerprint density at radius 1 is 1.29 bits per heavy atom. The number of rotatable bonds is 3. The molecule has 0 saturated heterocycles. The van der Waals surface area contributed by atoms with Crippen LogP contribution in [-0.2, 0) is 4.74 Å². The second kappa shape index (κ2) is 6.23. The highest BCUT2D eigenvalue weighted by atomic mass is 19.1. The summed E-state index contributed by atoms with van der Waals surface area (Å²) in [7, 11) is 0. The molecule has 0 unspecified atom stereocenters. The van der Waals surface area contributed by atoms with Gasteiger partial charge in [-0.3, -0.25) is 14.3 Å². The monoisotopic (exact) mass is 326 g/mol. The molecule has 2 heterocycles. The Morgan fingerprint density at radius 3 is 2.75 bits per heavy atom. The van der Waals surface area contributed by atoms with Crippen LogP contribution >= 0.6 is 0 Å². The Morgan fingerprint density at radius 2 is 2.04 bits per heavy atom. The number of halogens is 1. The summed E-state index contributed by atoms with van der Waals surface area (Å²) in [4.78, 5) is 29.0. The van der Waals surface area contributed by atoms with Crippen LogP contribution in [0.2, 0.25) is 0 Å². The Balaban J connectivity index is 2.25. The van der Waals surface area contributed by atoms with Crippen LogP contribution in [0.5, 0.6) is 0 Å². The van der Waals surface area contributed by atoms with E-state index < -0.39 is 17.3 Å². The maximum atomic E-state index is 14.0. The van der Waals surface area contributed by atoms with E-state index >= 15 is 0 Å². The van der Waals surface area contributed by atoms with Gasteiger partial charge in [0.2, 0.25) is 0 Å². The minimum Gasteiger partial charge on any atom is -0.462 e. The molecule has 3 aromatic rings. The number of nitrogens with zero attached hydrogens (tertiary/aromatic N) is 2. The zero-order valence-electron chi connectivity index (χ0n) is 13.2. The van der Waals surface area contributed by atoms with E-state index in [1.807, 2.05) is 0 Å². The van der Waals surface area contributed by atoms with Gasteiger partial charge in [-0.2, -0.15) is 0 Å². The Kier molecular flexibility index (Phi) is 4.12. The van der Waals surface area contributed by atoms with Crippen LogP contribution in [0.15, 0.2) is 47.4 Å². The van der Waals surface area contributed by atoms with Crippen molar-refractivity contribution in [2.75, 3.05) is 6.61 Å². The lowest BCUT2D eigenvalue weighted by Crippen LogP contribution is -2.20. The minimum absolute atomic E-state index is 0.141. The van der Waals surface area contributed by atoms with Crippen molar-refractivity contribution in [3.8, 4) is 5.69 Å². The van der Waals surface area contributed by atoms with Gasteiger partial charge in [0, 0.05) is 6.20 Å². The van der Waals surface area contributed by atoms with E-state index in [4.69, 9.17) is 4.74 Å². The molecule has 0 saturated carbocycles. The quantitative estimate of drug-likeness (QED) is 0.694. The lowest BCUT2D eigenvalue weighted by Gasteiger charge is -2.10. The van der Waals surface area contributed by atoms with Gasteiger partial charge in [-0.25, -0.2) is 9.18 Å². The Bertz CT molecular complexity index is 995. The number of hydrogen-bond donors (Lipinski definition) is 0. The topological polar surface area (TPSA) is 61.2 Å². The second-order valence-electron chi connectivity index (χ2n) is 5.22. The average Bonchev–Trinajstić information content (AvgIpc) is 2.56. The standard InChI is InChI=1S/C18H15FN2O3/c1-3-24-18(23)12-10-13-15(20-11(12)2)8-9-21(17(13)22)16-7-5-4-6-14(16)19/h4-10H,3H2,1-2H3. The third-order valence-electron chi connectivity index (χ3n) is 3.68. The van der Waals surface area contributed by atoms with Gasteiger partial charge in [-0.05, 0) is 38.1 Å². The van der Waals surface area contributed by atoms with E-state index in [-0.39, 0.29) is 23.2 Å². The number of aryl methyl sites for hydroxylation is 1. The predicted molar refractivity (Wildman–Crippen MR) is 88.0 cm³/mol. The number of carbonyl (C=O) groups is 1. The fraction of sp³-hybridized carbons (Fsp3) is 0.167.